The van der Waals surface area contributed by atoms with Gasteiger partial charge in [-0.1, -0.05) is 25.1 Å². The Hall–Kier alpha value is -1.10. The first kappa shape index (κ1) is 17.0. The molecule has 114 valence electrons. The maximum absolute atomic E-state index is 5.75. The van der Waals surface area contributed by atoms with Crippen LogP contribution < -0.4 is 10.1 Å². The summed E-state index contributed by atoms with van der Waals surface area (Å²) >= 11 is 0. The van der Waals surface area contributed by atoms with Gasteiger partial charge in [0.15, 0.2) is 0 Å². The molecular formula is C16H27NO3. The zero-order chi connectivity index (χ0) is 14.6. The van der Waals surface area contributed by atoms with Crippen LogP contribution in [0, 0.1) is 0 Å². The van der Waals surface area contributed by atoms with Crippen molar-refractivity contribution in [1.29, 1.82) is 0 Å². The van der Waals surface area contributed by atoms with Crippen molar-refractivity contribution in [3.05, 3.63) is 29.8 Å². The smallest absolute Gasteiger partial charge is 0.123 e. The fraction of sp³-hybridized carbons (Fsp3) is 0.625. The first-order valence-electron chi connectivity index (χ1n) is 7.26. The highest BCUT2D eigenvalue weighted by atomic mass is 16.5. The second-order valence-electron chi connectivity index (χ2n) is 4.67. The second-order valence-corrected chi connectivity index (χ2v) is 4.67. The maximum atomic E-state index is 5.75. The number of nitrogens with one attached hydrogen (secondary N) is 1. The molecule has 1 N–H and O–H groups in total. The molecule has 0 fully saturated rings. The Bertz CT molecular complexity index is 357. The van der Waals surface area contributed by atoms with E-state index in [0.717, 1.165) is 37.3 Å². The molecule has 0 aliphatic carbocycles. The van der Waals surface area contributed by atoms with Crippen LogP contribution in [0.15, 0.2) is 24.3 Å². The number of para-hydroxylation sites is 1. The molecule has 20 heavy (non-hydrogen) atoms. The van der Waals surface area contributed by atoms with E-state index in [1.54, 1.807) is 14.2 Å². The van der Waals surface area contributed by atoms with Crippen LogP contribution in [0.1, 0.15) is 31.4 Å². The topological polar surface area (TPSA) is 39.7 Å². The lowest BCUT2D eigenvalue weighted by atomic mass is 10.1. The summed E-state index contributed by atoms with van der Waals surface area (Å²) in [5.41, 5.74) is 1.15. The van der Waals surface area contributed by atoms with Gasteiger partial charge in [0, 0.05) is 25.9 Å². The van der Waals surface area contributed by atoms with E-state index < -0.39 is 0 Å². The highest BCUT2D eigenvalue weighted by Crippen LogP contribution is 2.25. The van der Waals surface area contributed by atoms with Crippen molar-refractivity contribution in [2.45, 2.75) is 25.8 Å². The number of hydrogen-bond acceptors (Lipinski definition) is 4. The van der Waals surface area contributed by atoms with E-state index >= 15 is 0 Å². The summed E-state index contributed by atoms with van der Waals surface area (Å²) in [5.74, 6) is 0.904. The van der Waals surface area contributed by atoms with Crippen LogP contribution in [0.25, 0.3) is 0 Å². The average molecular weight is 281 g/mol. The van der Waals surface area contributed by atoms with Gasteiger partial charge >= 0.3 is 0 Å². The summed E-state index contributed by atoms with van der Waals surface area (Å²) in [5, 5.41) is 3.52. The first-order chi connectivity index (χ1) is 9.83. The minimum Gasteiger partial charge on any atom is -0.496 e. The summed E-state index contributed by atoms with van der Waals surface area (Å²) < 4.78 is 16.2. The Labute approximate surface area is 122 Å². The van der Waals surface area contributed by atoms with Crippen LogP contribution in [-0.4, -0.2) is 40.6 Å². The SMILES string of the molecule is CCCNC(COCCCOC)c1ccccc1OC. The van der Waals surface area contributed by atoms with Crippen LogP contribution in [0.3, 0.4) is 0 Å². The Balaban J connectivity index is 2.58. The molecular weight excluding hydrogens is 254 g/mol. The summed E-state index contributed by atoms with van der Waals surface area (Å²) in [6, 6.07) is 8.25. The number of methoxy groups -OCH3 is 2. The van der Waals surface area contributed by atoms with Gasteiger partial charge in [-0.05, 0) is 25.5 Å². The molecule has 1 unspecified atom stereocenters. The van der Waals surface area contributed by atoms with Crippen molar-refractivity contribution in [1.82, 2.24) is 5.32 Å². The third-order valence-electron chi connectivity index (χ3n) is 3.08. The lowest BCUT2D eigenvalue weighted by Gasteiger charge is -2.21. The maximum Gasteiger partial charge on any atom is 0.123 e. The van der Waals surface area contributed by atoms with E-state index in [4.69, 9.17) is 14.2 Å². The monoisotopic (exact) mass is 281 g/mol. The Morgan fingerprint density at radius 1 is 1.15 bits per heavy atom. The van der Waals surface area contributed by atoms with Gasteiger partial charge < -0.3 is 19.5 Å². The van der Waals surface area contributed by atoms with Gasteiger partial charge in [0.25, 0.3) is 0 Å². The number of ether oxygens (including phenoxy) is 3. The molecule has 4 nitrogen and oxygen atoms in total. The first-order valence-corrected chi connectivity index (χ1v) is 7.26. The standard InChI is InChI=1S/C16H27NO3/c1-4-10-17-15(13-20-12-7-11-18-2)14-8-5-6-9-16(14)19-3/h5-6,8-9,15,17H,4,7,10-13H2,1-3H3. The highest BCUT2D eigenvalue weighted by molar-refractivity contribution is 5.35. The summed E-state index contributed by atoms with van der Waals surface area (Å²) in [6.07, 6.45) is 2.01. The molecule has 1 aromatic rings. The van der Waals surface area contributed by atoms with Gasteiger partial charge in [-0.2, -0.15) is 0 Å². The predicted octanol–water partition coefficient (Wildman–Crippen LogP) is 2.79. The Kier molecular flexibility index (Phi) is 9.04. The lowest BCUT2D eigenvalue weighted by molar-refractivity contribution is 0.0870. The Morgan fingerprint density at radius 3 is 2.65 bits per heavy atom. The molecule has 0 aliphatic rings. The lowest BCUT2D eigenvalue weighted by Crippen LogP contribution is -2.27. The molecule has 1 aromatic carbocycles. The van der Waals surface area contributed by atoms with Crippen molar-refractivity contribution < 1.29 is 14.2 Å². The fourth-order valence-electron chi connectivity index (χ4n) is 2.04. The molecule has 1 atom stereocenters. The van der Waals surface area contributed by atoms with Crippen LogP contribution in [0.2, 0.25) is 0 Å². The average Bonchev–Trinajstić information content (AvgIpc) is 2.50. The van der Waals surface area contributed by atoms with Crippen molar-refractivity contribution in [3.8, 4) is 5.75 Å². The molecule has 1 rings (SSSR count). The van der Waals surface area contributed by atoms with Crippen molar-refractivity contribution in [2.75, 3.05) is 40.6 Å². The zero-order valence-electron chi connectivity index (χ0n) is 12.9. The quantitative estimate of drug-likeness (QED) is 0.633. The molecule has 0 saturated heterocycles. The molecule has 0 saturated carbocycles. The Morgan fingerprint density at radius 2 is 1.95 bits per heavy atom. The van der Waals surface area contributed by atoms with E-state index in [0.29, 0.717) is 13.2 Å². The molecule has 0 aliphatic heterocycles. The van der Waals surface area contributed by atoms with Gasteiger partial charge in [-0.3, -0.25) is 0 Å². The minimum absolute atomic E-state index is 0.161. The number of benzene rings is 1. The fourth-order valence-corrected chi connectivity index (χ4v) is 2.04. The molecule has 0 spiro atoms. The van der Waals surface area contributed by atoms with Crippen molar-refractivity contribution in [3.63, 3.8) is 0 Å². The van der Waals surface area contributed by atoms with Crippen LogP contribution in [0.4, 0.5) is 0 Å². The summed E-state index contributed by atoms with van der Waals surface area (Å²) in [6.45, 7) is 5.22. The zero-order valence-corrected chi connectivity index (χ0v) is 12.9. The second kappa shape index (κ2) is 10.7. The van der Waals surface area contributed by atoms with E-state index in [9.17, 15) is 0 Å². The van der Waals surface area contributed by atoms with E-state index in [-0.39, 0.29) is 6.04 Å². The summed E-state index contributed by atoms with van der Waals surface area (Å²) in [4.78, 5) is 0. The van der Waals surface area contributed by atoms with E-state index in [1.165, 1.54) is 0 Å². The molecule has 4 heteroatoms. The van der Waals surface area contributed by atoms with Gasteiger partial charge in [-0.25, -0.2) is 0 Å². The summed E-state index contributed by atoms with van der Waals surface area (Å²) in [7, 11) is 3.41. The largest absolute Gasteiger partial charge is 0.496 e. The minimum atomic E-state index is 0.161. The van der Waals surface area contributed by atoms with Gasteiger partial charge in [0.05, 0.1) is 19.8 Å². The molecule has 0 heterocycles. The molecule has 0 aromatic heterocycles. The normalized spacial score (nSPS) is 12.3. The van der Waals surface area contributed by atoms with Crippen LogP contribution in [0.5, 0.6) is 5.75 Å². The van der Waals surface area contributed by atoms with Crippen molar-refractivity contribution in [2.24, 2.45) is 0 Å². The third-order valence-corrected chi connectivity index (χ3v) is 3.08. The van der Waals surface area contributed by atoms with Crippen LogP contribution >= 0.6 is 0 Å². The third kappa shape index (κ3) is 5.90. The number of hydrogen-bond donors (Lipinski definition) is 1. The van der Waals surface area contributed by atoms with Gasteiger partial charge in [-0.15, -0.1) is 0 Å². The highest BCUT2D eigenvalue weighted by Gasteiger charge is 2.15. The molecule has 0 radical (unpaired) electrons. The van der Waals surface area contributed by atoms with E-state index in [2.05, 4.69) is 18.3 Å². The molecule has 0 amide bonds. The predicted molar refractivity (Wildman–Crippen MR) is 81.3 cm³/mol. The van der Waals surface area contributed by atoms with E-state index in [1.807, 2.05) is 18.2 Å². The van der Waals surface area contributed by atoms with Gasteiger partial charge in [0.2, 0.25) is 0 Å². The van der Waals surface area contributed by atoms with Gasteiger partial charge in [0.1, 0.15) is 5.75 Å². The molecule has 0 bridgehead atoms. The van der Waals surface area contributed by atoms with Crippen molar-refractivity contribution >= 4 is 0 Å². The number of rotatable bonds is 11. The van der Waals surface area contributed by atoms with Crippen LogP contribution in [-0.2, 0) is 9.47 Å².